The molecule has 2 rings (SSSR count). The second-order valence-electron chi connectivity index (χ2n) is 4.19. The molecule has 0 fully saturated rings. The van der Waals surface area contributed by atoms with E-state index in [1.54, 1.807) is 13.0 Å². The van der Waals surface area contributed by atoms with Crippen molar-refractivity contribution in [1.29, 1.82) is 0 Å². The number of amides is 1. The summed E-state index contributed by atoms with van der Waals surface area (Å²) in [6.45, 7) is 1.80. The highest BCUT2D eigenvalue weighted by molar-refractivity contribution is 9.11. The number of anilines is 1. The Morgan fingerprint density at radius 1 is 1.38 bits per heavy atom. The van der Waals surface area contributed by atoms with Crippen molar-refractivity contribution in [3.8, 4) is 0 Å². The molecule has 9 heteroatoms. The third-order valence-electron chi connectivity index (χ3n) is 2.58. The van der Waals surface area contributed by atoms with Gasteiger partial charge in [-0.1, -0.05) is 11.6 Å². The number of aryl methyl sites for hydroxylation is 1. The second kappa shape index (κ2) is 5.96. The Morgan fingerprint density at radius 2 is 2.05 bits per heavy atom. The Morgan fingerprint density at radius 3 is 2.57 bits per heavy atom. The first-order valence-corrected chi connectivity index (χ1v) is 9.06. The van der Waals surface area contributed by atoms with Crippen molar-refractivity contribution in [1.82, 2.24) is 0 Å². The SMILES string of the molecule is Cc1cc(S(=O)(=O)Nc2ccc(Cl)c(C(N)=O)c2)sc1Br. The van der Waals surface area contributed by atoms with Crippen molar-refractivity contribution >= 4 is 60.5 Å². The molecule has 1 aromatic heterocycles. The maximum atomic E-state index is 12.3. The van der Waals surface area contributed by atoms with E-state index in [4.69, 9.17) is 17.3 Å². The topological polar surface area (TPSA) is 89.3 Å². The van der Waals surface area contributed by atoms with Crippen LogP contribution >= 0.6 is 38.9 Å². The largest absolute Gasteiger partial charge is 0.366 e. The Labute approximate surface area is 139 Å². The van der Waals surface area contributed by atoms with Gasteiger partial charge >= 0.3 is 0 Å². The van der Waals surface area contributed by atoms with Gasteiger partial charge in [0.1, 0.15) is 4.21 Å². The Hall–Kier alpha value is -1.09. The lowest BCUT2D eigenvalue weighted by Gasteiger charge is -2.08. The highest BCUT2D eigenvalue weighted by atomic mass is 79.9. The molecule has 0 atom stereocenters. The molecular formula is C12H10BrClN2O3S2. The number of nitrogens with one attached hydrogen (secondary N) is 1. The molecule has 1 amide bonds. The molecule has 0 unspecified atom stereocenters. The molecule has 0 aliphatic heterocycles. The van der Waals surface area contributed by atoms with Gasteiger partial charge in [-0.25, -0.2) is 8.42 Å². The van der Waals surface area contributed by atoms with Crippen molar-refractivity contribution in [3.63, 3.8) is 0 Å². The number of hydrogen-bond acceptors (Lipinski definition) is 4. The third-order valence-corrected chi connectivity index (χ3v) is 6.90. The van der Waals surface area contributed by atoms with E-state index in [-0.39, 0.29) is 20.5 Å². The first-order valence-electron chi connectivity index (χ1n) is 5.59. The van der Waals surface area contributed by atoms with Gasteiger partial charge in [0.05, 0.1) is 14.4 Å². The van der Waals surface area contributed by atoms with Crippen LogP contribution in [0.15, 0.2) is 32.3 Å². The summed E-state index contributed by atoms with van der Waals surface area (Å²) in [7, 11) is -3.73. The first kappa shape index (κ1) is 16.3. The highest BCUT2D eigenvalue weighted by Gasteiger charge is 2.19. The number of hydrogen-bond donors (Lipinski definition) is 2. The fraction of sp³-hybridized carbons (Fsp3) is 0.0833. The minimum atomic E-state index is -3.73. The van der Waals surface area contributed by atoms with Crippen molar-refractivity contribution in [2.45, 2.75) is 11.1 Å². The molecule has 112 valence electrons. The van der Waals surface area contributed by atoms with E-state index in [0.29, 0.717) is 0 Å². The minimum absolute atomic E-state index is 0.0559. The molecule has 1 heterocycles. The van der Waals surface area contributed by atoms with Crippen LogP contribution in [0.5, 0.6) is 0 Å². The fourth-order valence-corrected chi connectivity index (χ4v) is 5.03. The summed E-state index contributed by atoms with van der Waals surface area (Å²) in [6.07, 6.45) is 0. The number of thiophene rings is 1. The summed E-state index contributed by atoms with van der Waals surface area (Å²) in [4.78, 5) is 11.2. The van der Waals surface area contributed by atoms with Crippen LogP contribution in [0.2, 0.25) is 5.02 Å². The summed E-state index contributed by atoms with van der Waals surface area (Å²) in [6, 6.07) is 5.73. The standard InChI is InChI=1S/C12H10BrClN2O3S2/c1-6-4-10(20-11(6)13)21(18,19)16-7-2-3-9(14)8(5-7)12(15)17/h2-5,16H,1H3,(H2,15,17). The molecule has 21 heavy (non-hydrogen) atoms. The van der Waals surface area contributed by atoms with E-state index in [2.05, 4.69) is 20.7 Å². The van der Waals surface area contributed by atoms with Crippen molar-refractivity contribution in [3.05, 3.63) is 44.2 Å². The van der Waals surface area contributed by atoms with Crippen LogP contribution < -0.4 is 10.5 Å². The zero-order chi connectivity index (χ0) is 15.8. The molecule has 1 aromatic carbocycles. The lowest BCUT2D eigenvalue weighted by atomic mass is 10.2. The summed E-state index contributed by atoms with van der Waals surface area (Å²) >= 11 is 10.2. The van der Waals surface area contributed by atoms with Crippen LogP contribution in [0.3, 0.4) is 0 Å². The van der Waals surface area contributed by atoms with Gasteiger partial charge in [0.15, 0.2) is 0 Å². The normalized spacial score (nSPS) is 11.4. The van der Waals surface area contributed by atoms with Crippen LogP contribution in [-0.4, -0.2) is 14.3 Å². The van der Waals surface area contributed by atoms with Gasteiger partial charge in [0.25, 0.3) is 10.0 Å². The molecule has 0 aliphatic rings. The number of carbonyl (C=O) groups is 1. The number of halogens is 2. The molecule has 3 N–H and O–H groups in total. The average Bonchev–Trinajstić information content (AvgIpc) is 2.72. The number of primary amides is 1. The van der Waals surface area contributed by atoms with E-state index >= 15 is 0 Å². The third kappa shape index (κ3) is 3.57. The first-order chi connectivity index (χ1) is 9.70. The molecule has 0 bridgehead atoms. The summed E-state index contributed by atoms with van der Waals surface area (Å²) in [5, 5.41) is 0.167. The van der Waals surface area contributed by atoms with Gasteiger partial charge in [0, 0.05) is 5.69 Å². The second-order valence-corrected chi connectivity index (χ2v) is 8.87. The average molecular weight is 410 g/mol. The fourth-order valence-electron chi connectivity index (χ4n) is 1.55. The maximum Gasteiger partial charge on any atom is 0.271 e. The number of benzene rings is 1. The zero-order valence-electron chi connectivity index (χ0n) is 10.7. The summed E-state index contributed by atoms with van der Waals surface area (Å²) in [5.74, 6) is -0.726. The van der Waals surface area contributed by atoms with Crippen LogP contribution in [-0.2, 0) is 10.0 Å². The zero-order valence-corrected chi connectivity index (χ0v) is 14.7. The molecule has 0 saturated heterocycles. The number of nitrogens with two attached hydrogens (primary N) is 1. The van der Waals surface area contributed by atoms with Crippen LogP contribution in [0.1, 0.15) is 15.9 Å². The van der Waals surface area contributed by atoms with Gasteiger partial charge in [-0.05, 0) is 52.7 Å². The summed E-state index contributed by atoms with van der Waals surface area (Å²) < 4.78 is 27.8. The van der Waals surface area contributed by atoms with Crippen LogP contribution in [0.4, 0.5) is 5.69 Å². The Kier molecular flexibility index (Phi) is 4.62. The van der Waals surface area contributed by atoms with Crippen molar-refractivity contribution in [2.24, 2.45) is 5.73 Å². The number of rotatable bonds is 4. The van der Waals surface area contributed by atoms with Crippen molar-refractivity contribution in [2.75, 3.05) is 4.72 Å². The Bertz CT molecular complexity index is 798. The van der Waals surface area contributed by atoms with Gasteiger partial charge in [0.2, 0.25) is 5.91 Å². The van der Waals surface area contributed by atoms with E-state index < -0.39 is 15.9 Å². The van der Waals surface area contributed by atoms with Gasteiger partial charge < -0.3 is 5.73 Å². The number of carbonyl (C=O) groups excluding carboxylic acids is 1. The molecule has 2 aromatic rings. The van der Waals surface area contributed by atoms with Gasteiger partial charge in [-0.2, -0.15) is 0 Å². The van der Waals surface area contributed by atoms with Gasteiger partial charge in [-0.15, -0.1) is 11.3 Å². The Balaban J connectivity index is 2.37. The van der Waals surface area contributed by atoms with Crippen LogP contribution in [0.25, 0.3) is 0 Å². The highest BCUT2D eigenvalue weighted by Crippen LogP contribution is 2.32. The molecular weight excluding hydrogens is 400 g/mol. The van der Waals surface area contributed by atoms with Crippen molar-refractivity contribution < 1.29 is 13.2 Å². The van der Waals surface area contributed by atoms with Crippen LogP contribution in [0, 0.1) is 6.92 Å². The van der Waals surface area contributed by atoms with Gasteiger partial charge in [-0.3, -0.25) is 9.52 Å². The lowest BCUT2D eigenvalue weighted by Crippen LogP contribution is -2.14. The molecule has 0 spiro atoms. The van der Waals surface area contributed by atoms with E-state index in [1.807, 2.05) is 0 Å². The predicted molar refractivity (Wildman–Crippen MR) is 87.5 cm³/mol. The number of sulfonamides is 1. The quantitative estimate of drug-likeness (QED) is 0.811. The molecule has 0 radical (unpaired) electrons. The van der Waals surface area contributed by atoms with E-state index in [9.17, 15) is 13.2 Å². The predicted octanol–water partition coefficient (Wildman–Crippen LogP) is 3.37. The molecule has 0 saturated carbocycles. The maximum absolute atomic E-state index is 12.3. The molecule has 5 nitrogen and oxygen atoms in total. The lowest BCUT2D eigenvalue weighted by molar-refractivity contribution is 0.100. The van der Waals surface area contributed by atoms with E-state index in [1.165, 1.54) is 18.2 Å². The smallest absolute Gasteiger partial charge is 0.271 e. The monoisotopic (exact) mass is 408 g/mol. The minimum Gasteiger partial charge on any atom is -0.366 e. The summed E-state index contributed by atoms with van der Waals surface area (Å²) in [5.41, 5.74) is 6.28. The molecule has 0 aliphatic carbocycles. The van der Waals surface area contributed by atoms with E-state index in [0.717, 1.165) is 20.7 Å².